The average molecular weight is 407 g/mol. The summed E-state index contributed by atoms with van der Waals surface area (Å²) in [6, 6.07) is 14.7. The first-order valence-electron chi connectivity index (χ1n) is 11.1. The number of hydrogen-bond acceptors (Lipinski definition) is 4. The van der Waals surface area contributed by atoms with Gasteiger partial charge >= 0.3 is 5.97 Å². The predicted octanol–water partition coefficient (Wildman–Crippen LogP) is 5.05. The molecule has 0 spiro atoms. The van der Waals surface area contributed by atoms with Gasteiger partial charge in [0.15, 0.2) is 0 Å². The molecule has 0 aliphatic carbocycles. The van der Waals surface area contributed by atoms with E-state index in [1.54, 1.807) is 0 Å². The van der Waals surface area contributed by atoms with Crippen LogP contribution in [0, 0.1) is 12.8 Å². The fourth-order valence-electron chi connectivity index (χ4n) is 3.62. The van der Waals surface area contributed by atoms with Crippen molar-refractivity contribution in [3.8, 4) is 0 Å². The van der Waals surface area contributed by atoms with E-state index in [1.807, 2.05) is 26.0 Å². The topological polar surface area (TPSA) is 42.4 Å². The van der Waals surface area contributed by atoms with Crippen LogP contribution in [-0.2, 0) is 16.0 Å². The first-order valence-corrected chi connectivity index (χ1v) is 11.1. The van der Waals surface area contributed by atoms with E-state index in [9.17, 15) is 4.79 Å². The number of benzene rings is 1. The molecule has 30 heavy (non-hydrogen) atoms. The highest BCUT2D eigenvalue weighted by atomic mass is 16.5. The third-order valence-electron chi connectivity index (χ3n) is 5.36. The van der Waals surface area contributed by atoms with E-state index in [0.717, 1.165) is 23.5 Å². The van der Waals surface area contributed by atoms with Gasteiger partial charge in [-0.3, -0.25) is 14.7 Å². The Morgan fingerprint density at radius 1 is 1.13 bits per heavy atom. The highest BCUT2D eigenvalue weighted by molar-refractivity contribution is 5.78. The molecule has 1 aliphatic heterocycles. The largest absolute Gasteiger partial charge is 0.465 e. The molecule has 0 N–H and O–H groups in total. The summed E-state index contributed by atoms with van der Waals surface area (Å²) in [6.07, 6.45) is 5.83. The summed E-state index contributed by atoms with van der Waals surface area (Å²) in [5.41, 5.74) is 5.48. The number of nitrogens with zero attached hydrogens (tertiary/aromatic N) is 2. The lowest BCUT2D eigenvalue weighted by molar-refractivity contribution is -0.144. The number of likely N-dealkylation sites (tertiary alicyclic amines) is 1. The summed E-state index contributed by atoms with van der Waals surface area (Å²) < 4.78 is 5.30. The molecule has 0 unspecified atom stereocenters. The fourth-order valence-corrected chi connectivity index (χ4v) is 3.62. The zero-order chi connectivity index (χ0) is 21.3. The molecule has 160 valence electrons. The van der Waals surface area contributed by atoms with E-state index >= 15 is 0 Å². The first kappa shape index (κ1) is 22.2. The summed E-state index contributed by atoms with van der Waals surface area (Å²) in [5.74, 6) is 0.201. The fraction of sp³-hybridized carbons (Fsp3) is 0.462. The molecule has 1 aliphatic rings. The van der Waals surface area contributed by atoms with E-state index in [4.69, 9.17) is 9.72 Å². The molecule has 4 heteroatoms. The van der Waals surface area contributed by atoms with Crippen molar-refractivity contribution in [2.45, 2.75) is 46.5 Å². The minimum Gasteiger partial charge on any atom is -0.465 e. The molecule has 2 aromatic rings. The molecule has 2 heterocycles. The van der Waals surface area contributed by atoms with Crippen molar-refractivity contribution in [1.82, 2.24) is 9.88 Å². The second-order valence-electron chi connectivity index (χ2n) is 8.58. The molecule has 0 bridgehead atoms. The molecular weight excluding hydrogens is 372 g/mol. The normalized spacial score (nSPS) is 15.0. The lowest BCUT2D eigenvalue weighted by Crippen LogP contribution is -2.19. The van der Waals surface area contributed by atoms with Crippen molar-refractivity contribution < 1.29 is 9.53 Å². The zero-order valence-corrected chi connectivity index (χ0v) is 18.6. The van der Waals surface area contributed by atoms with Gasteiger partial charge < -0.3 is 4.74 Å². The van der Waals surface area contributed by atoms with Gasteiger partial charge in [-0.15, -0.1) is 0 Å². The maximum Gasteiger partial charge on any atom is 0.306 e. The monoisotopic (exact) mass is 406 g/mol. The number of hydrogen-bond donors (Lipinski definition) is 0. The van der Waals surface area contributed by atoms with Gasteiger partial charge in [-0.25, -0.2) is 0 Å². The Hall–Kier alpha value is -2.46. The number of aryl methyl sites for hydroxylation is 2. The van der Waals surface area contributed by atoms with Gasteiger partial charge in [-0.1, -0.05) is 55.8 Å². The van der Waals surface area contributed by atoms with Crippen molar-refractivity contribution in [3.05, 3.63) is 71.1 Å². The van der Waals surface area contributed by atoms with E-state index in [-0.39, 0.29) is 5.97 Å². The van der Waals surface area contributed by atoms with Crippen molar-refractivity contribution >= 4 is 11.5 Å². The molecule has 0 amide bonds. The first-order chi connectivity index (χ1) is 14.5. The lowest BCUT2D eigenvalue weighted by Gasteiger charge is -2.15. The average Bonchev–Trinajstić information content (AvgIpc) is 3.26. The summed E-state index contributed by atoms with van der Waals surface area (Å²) in [6.45, 7) is 9.94. The van der Waals surface area contributed by atoms with Gasteiger partial charge in [0.25, 0.3) is 0 Å². The Morgan fingerprint density at radius 2 is 1.87 bits per heavy atom. The molecule has 1 fully saturated rings. The van der Waals surface area contributed by atoms with Crippen LogP contribution in [0.3, 0.4) is 0 Å². The zero-order valence-electron chi connectivity index (χ0n) is 18.6. The van der Waals surface area contributed by atoms with Crippen LogP contribution in [0.25, 0.3) is 5.57 Å². The van der Waals surface area contributed by atoms with Crippen LogP contribution in [0.1, 0.15) is 55.6 Å². The Kier molecular flexibility index (Phi) is 8.21. The van der Waals surface area contributed by atoms with E-state index in [2.05, 4.69) is 48.2 Å². The van der Waals surface area contributed by atoms with Gasteiger partial charge in [0.1, 0.15) is 0 Å². The number of pyridine rings is 1. The van der Waals surface area contributed by atoms with E-state index in [0.29, 0.717) is 25.4 Å². The Bertz CT molecular complexity index is 850. The minimum absolute atomic E-state index is 0.153. The van der Waals surface area contributed by atoms with Crippen molar-refractivity contribution in [1.29, 1.82) is 0 Å². The number of esters is 1. The molecule has 4 nitrogen and oxygen atoms in total. The second kappa shape index (κ2) is 11.1. The molecule has 0 radical (unpaired) electrons. The molecule has 3 rings (SSSR count). The number of aromatic nitrogens is 1. The van der Waals surface area contributed by atoms with Crippen LogP contribution < -0.4 is 0 Å². The van der Waals surface area contributed by atoms with Crippen LogP contribution in [0.5, 0.6) is 0 Å². The molecule has 1 saturated heterocycles. The second-order valence-corrected chi connectivity index (χ2v) is 8.58. The van der Waals surface area contributed by atoms with Crippen molar-refractivity contribution in [2.24, 2.45) is 5.92 Å². The van der Waals surface area contributed by atoms with Crippen LogP contribution in [0.4, 0.5) is 0 Å². The number of rotatable bonds is 9. The molecule has 1 aromatic carbocycles. The lowest BCUT2D eigenvalue weighted by atomic mass is 10.00. The van der Waals surface area contributed by atoms with Gasteiger partial charge in [0, 0.05) is 24.2 Å². The maximum atomic E-state index is 12.0. The van der Waals surface area contributed by atoms with Crippen LogP contribution in [0.15, 0.2) is 48.5 Å². The molecular formula is C26H34N2O2. The number of ether oxygens (including phenoxy) is 1. The quantitative estimate of drug-likeness (QED) is 0.547. The number of carbonyl (C=O) groups is 1. The highest BCUT2D eigenvalue weighted by Gasteiger charge is 2.13. The van der Waals surface area contributed by atoms with Gasteiger partial charge in [-0.05, 0) is 56.5 Å². The standard InChI is InChI=1S/C26H34N2O2/c1-20(2)19-30-26(29)14-13-23-7-6-8-25(27-23)24(15-18-28-16-4-5-17-28)22-11-9-21(3)10-12-22/h6-12,15,20H,4-5,13-14,16-19H2,1-3H3/b24-15+. The summed E-state index contributed by atoms with van der Waals surface area (Å²) in [7, 11) is 0. The summed E-state index contributed by atoms with van der Waals surface area (Å²) >= 11 is 0. The SMILES string of the molecule is Cc1ccc(/C(=C\CN2CCCC2)c2cccc(CCC(=O)OCC(C)C)n2)cc1. The Labute approximate surface area is 181 Å². The van der Waals surface area contributed by atoms with Gasteiger partial charge in [0.2, 0.25) is 0 Å². The van der Waals surface area contributed by atoms with Crippen LogP contribution in [0.2, 0.25) is 0 Å². The smallest absolute Gasteiger partial charge is 0.306 e. The van der Waals surface area contributed by atoms with Crippen molar-refractivity contribution in [3.63, 3.8) is 0 Å². The minimum atomic E-state index is -0.153. The molecule has 0 saturated carbocycles. The molecule has 1 aromatic heterocycles. The highest BCUT2D eigenvalue weighted by Crippen LogP contribution is 2.23. The summed E-state index contributed by atoms with van der Waals surface area (Å²) in [5, 5.41) is 0. The van der Waals surface area contributed by atoms with E-state index in [1.165, 1.54) is 37.1 Å². The number of carbonyl (C=O) groups excluding carboxylic acids is 1. The summed E-state index contributed by atoms with van der Waals surface area (Å²) in [4.78, 5) is 19.4. The Balaban J connectivity index is 1.75. The van der Waals surface area contributed by atoms with Crippen LogP contribution >= 0.6 is 0 Å². The Morgan fingerprint density at radius 3 is 2.57 bits per heavy atom. The predicted molar refractivity (Wildman–Crippen MR) is 122 cm³/mol. The third kappa shape index (κ3) is 6.81. The van der Waals surface area contributed by atoms with E-state index < -0.39 is 0 Å². The third-order valence-corrected chi connectivity index (χ3v) is 5.36. The van der Waals surface area contributed by atoms with Gasteiger partial charge in [0.05, 0.1) is 18.7 Å². The van der Waals surface area contributed by atoms with Gasteiger partial charge in [-0.2, -0.15) is 0 Å². The van der Waals surface area contributed by atoms with Crippen molar-refractivity contribution in [2.75, 3.05) is 26.2 Å². The van der Waals surface area contributed by atoms with Crippen LogP contribution in [-0.4, -0.2) is 42.1 Å². The molecule has 0 atom stereocenters. The maximum absolute atomic E-state index is 12.0.